The molecule has 0 aliphatic carbocycles. The van der Waals surface area contributed by atoms with Gasteiger partial charge in [0, 0.05) is 12.1 Å². The van der Waals surface area contributed by atoms with E-state index >= 15 is 0 Å². The van der Waals surface area contributed by atoms with Gasteiger partial charge in [-0.25, -0.2) is 5.43 Å². The van der Waals surface area contributed by atoms with Crippen LogP contribution in [0.4, 0.5) is 0 Å². The van der Waals surface area contributed by atoms with Crippen LogP contribution in [0.3, 0.4) is 0 Å². The van der Waals surface area contributed by atoms with Gasteiger partial charge >= 0.3 is 5.91 Å². The molecule has 7 nitrogen and oxygen atoms in total. The van der Waals surface area contributed by atoms with Crippen LogP contribution in [0.25, 0.3) is 0 Å². The zero-order valence-corrected chi connectivity index (χ0v) is 13.2. The van der Waals surface area contributed by atoms with Crippen molar-refractivity contribution < 1.29 is 18.8 Å². The number of amides is 1. The fourth-order valence-corrected chi connectivity index (χ4v) is 1.91. The third kappa shape index (κ3) is 5.10. The molecule has 0 saturated heterocycles. The number of ether oxygens (including phenoxy) is 2. The van der Waals surface area contributed by atoms with Crippen LogP contribution in [0.5, 0.6) is 11.5 Å². The maximum atomic E-state index is 11.8. The average Bonchev–Trinajstić information content (AvgIpc) is 2.61. The summed E-state index contributed by atoms with van der Waals surface area (Å²) in [7, 11) is 1.51. The largest absolute Gasteiger partial charge is 0.493 e. The Hall–Kier alpha value is -3.40. The molecule has 1 aromatic carbocycles. The summed E-state index contributed by atoms with van der Waals surface area (Å²) in [5.41, 5.74) is 3.19. The lowest BCUT2D eigenvalue weighted by atomic mass is 10.2. The first-order valence-corrected chi connectivity index (χ1v) is 7.16. The first-order chi connectivity index (χ1) is 11.7. The van der Waals surface area contributed by atoms with Crippen molar-refractivity contribution >= 4 is 12.1 Å². The molecule has 0 unspecified atom stereocenters. The number of aromatic nitrogens is 1. The average molecular weight is 325 g/mol. The lowest BCUT2D eigenvalue weighted by molar-refractivity contribution is -0.684. The lowest BCUT2D eigenvalue weighted by Gasteiger charge is -2.08. The lowest BCUT2D eigenvalue weighted by Crippen LogP contribution is -2.40. The monoisotopic (exact) mass is 325 g/mol. The van der Waals surface area contributed by atoms with Gasteiger partial charge in [0.05, 0.1) is 13.3 Å². The highest BCUT2D eigenvalue weighted by molar-refractivity contribution is 5.82. The number of carbonyl (C=O) groups excluding carboxylic acids is 1. The number of nitrogens with one attached hydrogen (secondary N) is 1. The molecular formula is C17H17N4O3+. The van der Waals surface area contributed by atoms with Gasteiger partial charge in [-0.05, 0) is 23.8 Å². The van der Waals surface area contributed by atoms with Crippen LogP contribution in [0.1, 0.15) is 5.56 Å². The normalized spacial score (nSPS) is 10.2. The highest BCUT2D eigenvalue weighted by Crippen LogP contribution is 2.27. The summed E-state index contributed by atoms with van der Waals surface area (Å²) in [6.45, 7) is 0.124. The van der Waals surface area contributed by atoms with Gasteiger partial charge < -0.3 is 9.47 Å². The predicted molar refractivity (Wildman–Crippen MR) is 86.5 cm³/mol. The van der Waals surface area contributed by atoms with Gasteiger partial charge in [-0.3, -0.25) is 4.79 Å². The van der Waals surface area contributed by atoms with E-state index in [1.165, 1.54) is 13.3 Å². The zero-order valence-electron chi connectivity index (χ0n) is 13.2. The van der Waals surface area contributed by atoms with Crippen LogP contribution in [-0.4, -0.2) is 25.8 Å². The summed E-state index contributed by atoms with van der Waals surface area (Å²) in [6, 6.07) is 12.6. The van der Waals surface area contributed by atoms with Gasteiger partial charge in [0.15, 0.2) is 30.5 Å². The van der Waals surface area contributed by atoms with Crippen LogP contribution < -0.4 is 19.5 Å². The Kier molecular flexibility index (Phi) is 6.29. The quantitative estimate of drug-likeness (QED) is 0.468. The van der Waals surface area contributed by atoms with E-state index in [1.807, 2.05) is 24.3 Å². The Labute approximate surface area is 139 Å². The van der Waals surface area contributed by atoms with Crippen molar-refractivity contribution in [3.8, 4) is 17.6 Å². The SMILES string of the molecule is COc1cc(/C=N/NC(=O)C[n+]2ccccc2)ccc1OCC#N. The molecule has 122 valence electrons. The number of rotatable bonds is 7. The zero-order chi connectivity index (χ0) is 17.2. The molecule has 1 N–H and O–H groups in total. The fraction of sp³-hybridized carbons (Fsp3) is 0.176. The molecule has 0 fully saturated rings. The second kappa shape index (κ2) is 8.90. The summed E-state index contributed by atoms with van der Waals surface area (Å²) in [5, 5.41) is 12.5. The van der Waals surface area contributed by atoms with Crippen LogP contribution >= 0.6 is 0 Å². The standard InChI is InChI=1S/C17H16N4O3/c1-23-16-11-14(5-6-15(16)24-10-7-18)12-19-20-17(22)13-21-8-3-2-4-9-21/h2-6,8-9,11-12H,10,13H2,1H3/p+1/b19-12+. The van der Waals surface area contributed by atoms with E-state index in [0.717, 1.165) is 5.56 Å². The molecule has 24 heavy (non-hydrogen) atoms. The molecule has 0 bridgehead atoms. The van der Waals surface area contributed by atoms with E-state index in [2.05, 4.69) is 10.5 Å². The van der Waals surface area contributed by atoms with Crippen molar-refractivity contribution in [2.24, 2.45) is 5.10 Å². The number of hydrogen-bond acceptors (Lipinski definition) is 5. The summed E-state index contributed by atoms with van der Waals surface area (Å²) < 4.78 is 12.2. The molecule has 2 aromatic rings. The number of pyridine rings is 1. The second-order valence-electron chi connectivity index (χ2n) is 4.70. The van der Waals surface area contributed by atoms with E-state index in [0.29, 0.717) is 11.5 Å². The third-order valence-electron chi connectivity index (χ3n) is 2.99. The predicted octanol–water partition coefficient (Wildman–Crippen LogP) is 1.04. The van der Waals surface area contributed by atoms with Gasteiger partial charge in [-0.1, -0.05) is 6.07 Å². The third-order valence-corrected chi connectivity index (χ3v) is 2.99. The van der Waals surface area contributed by atoms with Crippen molar-refractivity contribution in [1.29, 1.82) is 5.26 Å². The van der Waals surface area contributed by atoms with Crippen LogP contribution in [-0.2, 0) is 11.3 Å². The minimum absolute atomic E-state index is 0.0585. The van der Waals surface area contributed by atoms with E-state index in [9.17, 15) is 4.79 Å². The van der Waals surface area contributed by atoms with Crippen molar-refractivity contribution in [3.05, 3.63) is 54.4 Å². The number of methoxy groups -OCH3 is 1. The molecule has 0 radical (unpaired) electrons. The Bertz CT molecular complexity index is 754. The number of nitriles is 1. The van der Waals surface area contributed by atoms with Crippen molar-refractivity contribution in [2.45, 2.75) is 6.54 Å². The van der Waals surface area contributed by atoms with Crippen molar-refractivity contribution in [3.63, 3.8) is 0 Å². The van der Waals surface area contributed by atoms with Gasteiger partial charge in [-0.2, -0.15) is 14.9 Å². The summed E-state index contributed by atoms with van der Waals surface area (Å²) in [5.74, 6) is 0.726. The Morgan fingerprint density at radius 1 is 1.33 bits per heavy atom. The first-order valence-electron chi connectivity index (χ1n) is 7.16. The number of benzene rings is 1. The number of nitrogens with zero attached hydrogens (tertiary/aromatic N) is 3. The van der Waals surface area contributed by atoms with Gasteiger partial charge in [-0.15, -0.1) is 0 Å². The molecule has 1 heterocycles. The highest BCUT2D eigenvalue weighted by atomic mass is 16.5. The Morgan fingerprint density at radius 3 is 2.83 bits per heavy atom. The molecule has 0 saturated carbocycles. The van der Waals surface area contributed by atoms with Crippen molar-refractivity contribution in [1.82, 2.24) is 5.43 Å². The molecule has 0 atom stereocenters. The second-order valence-corrected chi connectivity index (χ2v) is 4.70. The molecule has 1 aromatic heterocycles. The maximum absolute atomic E-state index is 11.8. The van der Waals surface area contributed by atoms with Crippen LogP contribution in [0, 0.1) is 11.3 Å². The summed E-state index contributed by atoms with van der Waals surface area (Å²) >= 11 is 0. The number of hydrazone groups is 1. The molecule has 0 aliphatic rings. The minimum Gasteiger partial charge on any atom is -0.493 e. The molecule has 1 amide bonds. The van der Waals surface area contributed by atoms with Crippen molar-refractivity contribution in [2.75, 3.05) is 13.7 Å². The maximum Gasteiger partial charge on any atom is 0.305 e. The Morgan fingerprint density at radius 2 is 2.12 bits per heavy atom. The minimum atomic E-state index is -0.233. The van der Waals surface area contributed by atoms with E-state index < -0.39 is 0 Å². The van der Waals surface area contributed by atoms with E-state index in [-0.39, 0.29) is 19.1 Å². The summed E-state index contributed by atoms with van der Waals surface area (Å²) in [4.78, 5) is 11.8. The molecule has 7 heteroatoms. The van der Waals surface area contributed by atoms with Gasteiger partial charge in [0.1, 0.15) is 6.07 Å². The fourth-order valence-electron chi connectivity index (χ4n) is 1.91. The van der Waals surface area contributed by atoms with Crippen LogP contribution in [0.2, 0.25) is 0 Å². The first kappa shape index (κ1) is 17.0. The Balaban J connectivity index is 1.94. The molecule has 2 rings (SSSR count). The highest BCUT2D eigenvalue weighted by Gasteiger charge is 2.07. The van der Waals surface area contributed by atoms with Crippen LogP contribution in [0.15, 0.2) is 53.9 Å². The summed E-state index contributed by atoms with van der Waals surface area (Å²) in [6.07, 6.45) is 5.10. The molecular weight excluding hydrogens is 308 g/mol. The van der Waals surface area contributed by atoms with E-state index in [1.54, 1.807) is 35.2 Å². The molecule has 0 aliphatic heterocycles. The molecule has 0 spiro atoms. The van der Waals surface area contributed by atoms with Gasteiger partial charge in [0.25, 0.3) is 0 Å². The van der Waals surface area contributed by atoms with E-state index in [4.69, 9.17) is 14.7 Å². The number of hydrogen-bond donors (Lipinski definition) is 1. The number of carbonyl (C=O) groups is 1. The topological polar surface area (TPSA) is 87.6 Å². The van der Waals surface area contributed by atoms with Gasteiger partial charge in [0.2, 0.25) is 6.54 Å². The smallest absolute Gasteiger partial charge is 0.305 e.